The summed E-state index contributed by atoms with van der Waals surface area (Å²) in [5.74, 6) is -3.85. The van der Waals surface area contributed by atoms with Gasteiger partial charge in [0.1, 0.15) is 11.6 Å². The number of rotatable bonds is 9. The Balaban J connectivity index is 1.36. The number of benzene rings is 1. The topological polar surface area (TPSA) is 107 Å². The van der Waals surface area contributed by atoms with E-state index in [4.69, 9.17) is 4.42 Å². The van der Waals surface area contributed by atoms with Gasteiger partial charge < -0.3 is 14.5 Å². The van der Waals surface area contributed by atoms with Gasteiger partial charge in [0.15, 0.2) is 0 Å². The molecule has 37 heavy (non-hydrogen) atoms. The predicted molar refractivity (Wildman–Crippen MR) is 122 cm³/mol. The van der Waals surface area contributed by atoms with Crippen molar-refractivity contribution in [3.05, 3.63) is 70.8 Å². The van der Waals surface area contributed by atoms with Crippen LogP contribution in [0.3, 0.4) is 0 Å². The minimum Gasteiger partial charge on any atom is -0.425 e. The van der Waals surface area contributed by atoms with E-state index in [1.165, 1.54) is 17.7 Å². The maximum atomic E-state index is 13.4. The van der Waals surface area contributed by atoms with Crippen LogP contribution in [-0.4, -0.2) is 39.8 Å². The number of ether oxygens (including phenoxy) is 1. The first-order valence-corrected chi connectivity index (χ1v) is 11.8. The fraction of sp³-hybridized carbons (Fsp3) is 0.400. The highest BCUT2D eigenvalue weighted by Crippen LogP contribution is 2.26. The number of halogens is 4. The fourth-order valence-corrected chi connectivity index (χ4v) is 4.06. The van der Waals surface area contributed by atoms with Crippen LogP contribution < -0.4 is 5.32 Å². The number of hydrogen-bond donors (Lipinski definition) is 1. The molecule has 0 amide bonds. The molecule has 1 aliphatic heterocycles. The first-order chi connectivity index (χ1) is 17.7. The number of aryl methyl sites for hydroxylation is 3. The molecule has 0 aliphatic carbocycles. The van der Waals surface area contributed by atoms with Gasteiger partial charge in [-0.25, -0.2) is 14.2 Å². The quantitative estimate of drug-likeness (QED) is 0.250. The minimum atomic E-state index is -5.30. The number of fused-ring (bicyclic) bond motifs is 1. The number of esters is 2. The largest absolute Gasteiger partial charge is 0.491 e. The summed E-state index contributed by atoms with van der Waals surface area (Å²) in [6, 6.07) is 9.15. The SMILES string of the molecule is O=C(CC(Cc1nnc(CCCc2ccc3c(n2)NCCC3)o1)c1ccc(F)cc1)OC(=O)C(F)(F)F. The van der Waals surface area contributed by atoms with Crippen LogP contribution >= 0.6 is 0 Å². The van der Waals surface area contributed by atoms with Gasteiger partial charge in [-0.3, -0.25) is 4.79 Å². The molecular formula is C25H24F4N4O4. The summed E-state index contributed by atoms with van der Waals surface area (Å²) in [4.78, 5) is 27.7. The highest BCUT2D eigenvalue weighted by molar-refractivity contribution is 5.88. The first-order valence-electron chi connectivity index (χ1n) is 11.8. The first kappa shape index (κ1) is 26.2. The fourth-order valence-electron chi connectivity index (χ4n) is 4.06. The number of carbonyl (C=O) groups excluding carboxylic acids is 2. The molecule has 1 unspecified atom stereocenters. The van der Waals surface area contributed by atoms with Crippen molar-refractivity contribution in [3.63, 3.8) is 0 Å². The molecule has 0 saturated carbocycles. The molecule has 1 aromatic carbocycles. The lowest BCUT2D eigenvalue weighted by molar-refractivity contribution is -0.202. The summed E-state index contributed by atoms with van der Waals surface area (Å²) in [6.07, 6.45) is -1.94. The van der Waals surface area contributed by atoms with Gasteiger partial charge in [-0.05, 0) is 55.0 Å². The van der Waals surface area contributed by atoms with Crippen molar-refractivity contribution in [1.82, 2.24) is 15.2 Å². The molecule has 0 saturated heterocycles. The molecule has 8 nitrogen and oxygen atoms in total. The summed E-state index contributed by atoms with van der Waals surface area (Å²) in [5.41, 5.74) is 2.58. The molecule has 3 aromatic rings. The van der Waals surface area contributed by atoms with E-state index in [2.05, 4.69) is 31.3 Å². The Labute approximate surface area is 209 Å². The smallest absolute Gasteiger partial charge is 0.425 e. The highest BCUT2D eigenvalue weighted by Gasteiger charge is 2.42. The molecule has 0 spiro atoms. The number of aromatic nitrogens is 3. The highest BCUT2D eigenvalue weighted by atomic mass is 19.4. The van der Waals surface area contributed by atoms with Gasteiger partial charge in [0.25, 0.3) is 0 Å². The lowest BCUT2D eigenvalue weighted by Gasteiger charge is -2.17. The van der Waals surface area contributed by atoms with Gasteiger partial charge in [-0.2, -0.15) is 13.2 Å². The van der Waals surface area contributed by atoms with E-state index in [1.54, 1.807) is 0 Å². The second-order valence-electron chi connectivity index (χ2n) is 8.70. The second kappa shape index (κ2) is 11.5. The Morgan fingerprint density at radius 1 is 1.05 bits per heavy atom. The average Bonchev–Trinajstić information content (AvgIpc) is 3.30. The van der Waals surface area contributed by atoms with E-state index >= 15 is 0 Å². The Morgan fingerprint density at radius 3 is 2.57 bits per heavy atom. The molecule has 4 rings (SSSR count). The maximum Gasteiger partial charge on any atom is 0.491 e. The molecule has 1 atom stereocenters. The molecule has 0 fully saturated rings. The van der Waals surface area contributed by atoms with Gasteiger partial charge in [0, 0.05) is 31.0 Å². The van der Waals surface area contributed by atoms with E-state index in [0.717, 1.165) is 43.0 Å². The average molecular weight is 520 g/mol. The van der Waals surface area contributed by atoms with Crippen LogP contribution in [0.5, 0.6) is 0 Å². The molecule has 0 bridgehead atoms. The van der Waals surface area contributed by atoms with Crippen molar-refractivity contribution in [2.24, 2.45) is 0 Å². The maximum absolute atomic E-state index is 13.4. The summed E-state index contributed by atoms with van der Waals surface area (Å²) in [7, 11) is 0. The monoisotopic (exact) mass is 520 g/mol. The van der Waals surface area contributed by atoms with Crippen LogP contribution in [0.25, 0.3) is 0 Å². The number of alkyl halides is 3. The number of nitrogens with zero attached hydrogens (tertiary/aromatic N) is 3. The lowest BCUT2D eigenvalue weighted by Crippen LogP contribution is -2.28. The number of nitrogens with one attached hydrogen (secondary N) is 1. The lowest BCUT2D eigenvalue weighted by atomic mass is 9.92. The Hall–Kier alpha value is -3.83. The van der Waals surface area contributed by atoms with Crippen molar-refractivity contribution < 1.29 is 36.3 Å². The third-order valence-electron chi connectivity index (χ3n) is 5.90. The third kappa shape index (κ3) is 7.34. The second-order valence-corrected chi connectivity index (χ2v) is 8.70. The van der Waals surface area contributed by atoms with E-state index in [0.29, 0.717) is 30.7 Å². The van der Waals surface area contributed by atoms with Crippen LogP contribution in [0, 0.1) is 5.82 Å². The number of anilines is 1. The van der Waals surface area contributed by atoms with E-state index < -0.39 is 36.3 Å². The molecule has 1 aliphatic rings. The Bertz CT molecular complexity index is 1240. The number of carbonyl (C=O) groups is 2. The van der Waals surface area contributed by atoms with E-state index in [9.17, 15) is 27.2 Å². The predicted octanol–water partition coefficient (Wildman–Crippen LogP) is 4.49. The van der Waals surface area contributed by atoms with Gasteiger partial charge in [-0.15, -0.1) is 10.2 Å². The van der Waals surface area contributed by atoms with Gasteiger partial charge >= 0.3 is 18.1 Å². The summed E-state index contributed by atoms with van der Waals surface area (Å²) in [6.45, 7) is 0.906. The Morgan fingerprint density at radius 2 is 1.81 bits per heavy atom. The molecule has 3 heterocycles. The molecule has 12 heteroatoms. The van der Waals surface area contributed by atoms with Crippen molar-refractivity contribution in [2.45, 2.75) is 57.0 Å². The standard InChI is InChI=1S/C25H24F4N4O4/c26-18-9-6-15(7-10-18)17(14-22(34)37-24(35)25(27,28)29)13-21-33-32-20(36-21)5-1-4-19-11-8-16-3-2-12-30-23(16)31-19/h6-11,17H,1-5,12-14H2,(H,30,31). The zero-order chi connectivity index (χ0) is 26.4. The van der Waals surface area contributed by atoms with Crippen LogP contribution in [0.15, 0.2) is 40.8 Å². The van der Waals surface area contributed by atoms with Crippen LogP contribution in [0.1, 0.15) is 53.8 Å². The molecule has 2 aromatic heterocycles. The van der Waals surface area contributed by atoms with Crippen molar-refractivity contribution in [3.8, 4) is 0 Å². The van der Waals surface area contributed by atoms with E-state index in [-0.39, 0.29) is 12.3 Å². The molecule has 1 N–H and O–H groups in total. The molecular weight excluding hydrogens is 496 g/mol. The third-order valence-corrected chi connectivity index (χ3v) is 5.90. The molecule has 0 radical (unpaired) electrons. The van der Waals surface area contributed by atoms with Crippen molar-refractivity contribution >= 4 is 17.8 Å². The van der Waals surface area contributed by atoms with E-state index in [1.807, 2.05) is 6.07 Å². The zero-order valence-electron chi connectivity index (χ0n) is 19.7. The Kier molecular flexibility index (Phi) is 8.14. The number of hydrogen-bond acceptors (Lipinski definition) is 8. The van der Waals surface area contributed by atoms with Gasteiger partial charge in [0.05, 0.1) is 6.42 Å². The van der Waals surface area contributed by atoms with Crippen LogP contribution in [0.4, 0.5) is 23.4 Å². The van der Waals surface area contributed by atoms with Crippen molar-refractivity contribution in [1.29, 1.82) is 0 Å². The zero-order valence-corrected chi connectivity index (χ0v) is 19.7. The summed E-state index contributed by atoms with van der Waals surface area (Å²) >= 11 is 0. The van der Waals surface area contributed by atoms with Gasteiger partial charge in [-0.1, -0.05) is 18.2 Å². The number of pyridine rings is 1. The van der Waals surface area contributed by atoms with Crippen LogP contribution in [0.2, 0.25) is 0 Å². The summed E-state index contributed by atoms with van der Waals surface area (Å²) in [5, 5.41) is 11.3. The minimum absolute atomic E-state index is 0.0218. The van der Waals surface area contributed by atoms with Crippen molar-refractivity contribution in [2.75, 3.05) is 11.9 Å². The summed E-state index contributed by atoms with van der Waals surface area (Å²) < 4.78 is 60.3. The van der Waals surface area contributed by atoms with Gasteiger partial charge in [0.2, 0.25) is 11.8 Å². The molecule has 196 valence electrons. The van der Waals surface area contributed by atoms with Crippen LogP contribution in [-0.2, 0) is 40.0 Å². The normalized spacial score (nSPS) is 13.9.